The number of benzene rings is 1. The maximum Gasteiger partial charge on any atom is 0.141 e. The van der Waals surface area contributed by atoms with E-state index in [0.717, 1.165) is 34.7 Å². The van der Waals surface area contributed by atoms with Gasteiger partial charge >= 0.3 is 0 Å². The summed E-state index contributed by atoms with van der Waals surface area (Å²) in [5.41, 5.74) is 9.65. The predicted octanol–water partition coefficient (Wildman–Crippen LogP) is 2.20. The van der Waals surface area contributed by atoms with Crippen molar-refractivity contribution in [3.8, 4) is 11.4 Å². The average Bonchev–Trinajstić information content (AvgIpc) is 2.91. The third kappa shape index (κ3) is 2.66. The van der Waals surface area contributed by atoms with Crippen LogP contribution in [-0.2, 0) is 17.8 Å². The highest BCUT2D eigenvalue weighted by Gasteiger charge is 2.12. The van der Waals surface area contributed by atoms with Crippen molar-refractivity contribution >= 4 is 11.0 Å². The van der Waals surface area contributed by atoms with Gasteiger partial charge < -0.3 is 15.0 Å². The quantitative estimate of drug-likeness (QED) is 0.779. The Bertz CT molecular complexity index is 751. The Hall–Kier alpha value is -2.24. The number of pyridine rings is 1. The molecule has 0 radical (unpaired) electrons. The molecule has 3 aromatic rings. The van der Waals surface area contributed by atoms with E-state index in [4.69, 9.17) is 15.5 Å². The van der Waals surface area contributed by atoms with Gasteiger partial charge in [0.1, 0.15) is 5.82 Å². The Morgan fingerprint density at radius 3 is 2.90 bits per heavy atom. The first-order chi connectivity index (χ1) is 10.3. The van der Waals surface area contributed by atoms with E-state index in [9.17, 15) is 0 Å². The van der Waals surface area contributed by atoms with Crippen LogP contribution in [0.5, 0.6) is 0 Å². The maximum atomic E-state index is 5.68. The van der Waals surface area contributed by atoms with Crippen LogP contribution >= 0.6 is 0 Å². The molecule has 2 heterocycles. The highest BCUT2D eigenvalue weighted by Crippen LogP contribution is 2.24. The highest BCUT2D eigenvalue weighted by molar-refractivity contribution is 5.80. The summed E-state index contributed by atoms with van der Waals surface area (Å²) in [5, 5.41) is 0. The van der Waals surface area contributed by atoms with Crippen molar-refractivity contribution in [2.75, 3.05) is 13.7 Å². The summed E-state index contributed by atoms with van der Waals surface area (Å²) in [6, 6.07) is 12.1. The van der Waals surface area contributed by atoms with E-state index in [0.29, 0.717) is 13.2 Å². The Morgan fingerprint density at radius 2 is 2.10 bits per heavy atom. The second-order valence-electron chi connectivity index (χ2n) is 4.81. The number of hydrogen-bond donors (Lipinski definition) is 1. The van der Waals surface area contributed by atoms with E-state index in [2.05, 4.69) is 15.6 Å². The van der Waals surface area contributed by atoms with Crippen LogP contribution in [0, 0.1) is 0 Å². The largest absolute Gasteiger partial charge is 0.383 e. The maximum absolute atomic E-state index is 5.68. The lowest BCUT2D eigenvalue weighted by molar-refractivity contribution is 0.188. The van der Waals surface area contributed by atoms with Gasteiger partial charge in [-0.05, 0) is 24.3 Å². The number of nitrogens with zero attached hydrogens (tertiary/aromatic N) is 3. The Labute approximate surface area is 123 Å². The molecule has 5 nitrogen and oxygen atoms in total. The van der Waals surface area contributed by atoms with Crippen molar-refractivity contribution < 1.29 is 4.74 Å². The number of nitrogens with two attached hydrogens (primary N) is 1. The number of rotatable bonds is 5. The first-order valence-corrected chi connectivity index (χ1v) is 6.93. The highest BCUT2D eigenvalue weighted by atomic mass is 16.5. The smallest absolute Gasteiger partial charge is 0.141 e. The molecule has 0 saturated carbocycles. The summed E-state index contributed by atoms with van der Waals surface area (Å²) in [6.07, 6.45) is 1.78. The normalized spacial score (nSPS) is 11.1. The zero-order chi connectivity index (χ0) is 14.7. The van der Waals surface area contributed by atoms with Gasteiger partial charge in [0.15, 0.2) is 0 Å². The SMILES string of the molecule is COCCn1c(-c2ccnc(CN)c2)nc2ccccc21. The van der Waals surface area contributed by atoms with Gasteiger partial charge in [-0.25, -0.2) is 4.98 Å². The van der Waals surface area contributed by atoms with Crippen LogP contribution in [0.2, 0.25) is 0 Å². The lowest BCUT2D eigenvalue weighted by Crippen LogP contribution is -2.06. The minimum absolute atomic E-state index is 0.423. The molecular formula is C16H18N4O. The van der Waals surface area contributed by atoms with Gasteiger partial charge in [0.25, 0.3) is 0 Å². The number of aromatic nitrogens is 3. The summed E-state index contributed by atoms with van der Waals surface area (Å²) in [7, 11) is 1.71. The molecule has 0 spiro atoms. The van der Waals surface area contributed by atoms with E-state index in [1.807, 2.05) is 30.3 Å². The summed E-state index contributed by atoms with van der Waals surface area (Å²) < 4.78 is 7.39. The first kappa shape index (κ1) is 13.7. The molecule has 2 aromatic heterocycles. The van der Waals surface area contributed by atoms with Crippen LogP contribution in [0.15, 0.2) is 42.6 Å². The van der Waals surface area contributed by atoms with Gasteiger partial charge in [0.2, 0.25) is 0 Å². The Balaban J connectivity index is 2.15. The van der Waals surface area contributed by atoms with E-state index in [1.165, 1.54) is 0 Å². The van der Waals surface area contributed by atoms with Crippen LogP contribution in [0.4, 0.5) is 0 Å². The minimum atomic E-state index is 0.423. The van der Waals surface area contributed by atoms with Gasteiger partial charge in [0.05, 0.1) is 23.3 Å². The number of methoxy groups -OCH3 is 1. The van der Waals surface area contributed by atoms with Gasteiger partial charge in [-0.3, -0.25) is 4.98 Å². The van der Waals surface area contributed by atoms with E-state index in [1.54, 1.807) is 13.3 Å². The molecule has 0 aliphatic heterocycles. The van der Waals surface area contributed by atoms with Gasteiger partial charge in [-0.15, -0.1) is 0 Å². The monoisotopic (exact) mass is 282 g/mol. The standard InChI is InChI=1S/C16H18N4O/c1-21-9-8-20-15-5-3-2-4-14(15)19-16(20)12-6-7-18-13(10-12)11-17/h2-7,10H,8-9,11,17H2,1H3. The first-order valence-electron chi connectivity index (χ1n) is 6.93. The van der Waals surface area contributed by atoms with Crippen molar-refractivity contribution in [3.63, 3.8) is 0 Å². The fourth-order valence-corrected chi connectivity index (χ4v) is 2.43. The molecule has 0 unspecified atom stereocenters. The van der Waals surface area contributed by atoms with E-state index >= 15 is 0 Å². The van der Waals surface area contributed by atoms with Crippen molar-refractivity contribution in [1.29, 1.82) is 0 Å². The third-order valence-corrected chi connectivity index (χ3v) is 3.46. The molecular weight excluding hydrogens is 264 g/mol. The number of fused-ring (bicyclic) bond motifs is 1. The molecule has 0 bridgehead atoms. The molecule has 5 heteroatoms. The molecule has 0 amide bonds. The summed E-state index contributed by atoms with van der Waals surface area (Å²) in [4.78, 5) is 8.99. The number of imidazole rings is 1. The fraction of sp³-hybridized carbons (Fsp3) is 0.250. The Morgan fingerprint density at radius 1 is 1.24 bits per heavy atom. The third-order valence-electron chi connectivity index (χ3n) is 3.46. The number of para-hydroxylation sites is 2. The van der Waals surface area contributed by atoms with Crippen LogP contribution in [-0.4, -0.2) is 28.3 Å². The van der Waals surface area contributed by atoms with E-state index < -0.39 is 0 Å². The van der Waals surface area contributed by atoms with Gasteiger partial charge in [-0.2, -0.15) is 0 Å². The van der Waals surface area contributed by atoms with Crippen LogP contribution in [0.3, 0.4) is 0 Å². The second-order valence-corrected chi connectivity index (χ2v) is 4.81. The lowest BCUT2D eigenvalue weighted by Gasteiger charge is -2.09. The van der Waals surface area contributed by atoms with Crippen LogP contribution in [0.25, 0.3) is 22.4 Å². The van der Waals surface area contributed by atoms with Crippen LogP contribution in [0.1, 0.15) is 5.69 Å². The van der Waals surface area contributed by atoms with Crippen molar-refractivity contribution in [3.05, 3.63) is 48.3 Å². The zero-order valence-corrected chi connectivity index (χ0v) is 12.0. The van der Waals surface area contributed by atoms with Crippen LogP contribution < -0.4 is 5.73 Å². The van der Waals surface area contributed by atoms with E-state index in [-0.39, 0.29) is 0 Å². The summed E-state index contributed by atoms with van der Waals surface area (Å²) >= 11 is 0. The molecule has 2 N–H and O–H groups in total. The molecule has 1 aromatic carbocycles. The molecule has 0 aliphatic rings. The molecule has 0 atom stereocenters. The van der Waals surface area contributed by atoms with Gasteiger partial charge in [0, 0.05) is 32.0 Å². The topological polar surface area (TPSA) is 66.0 Å². The average molecular weight is 282 g/mol. The molecule has 0 aliphatic carbocycles. The van der Waals surface area contributed by atoms with Crippen molar-refractivity contribution in [1.82, 2.24) is 14.5 Å². The van der Waals surface area contributed by atoms with Gasteiger partial charge in [-0.1, -0.05) is 12.1 Å². The minimum Gasteiger partial charge on any atom is -0.383 e. The Kier molecular flexibility index (Phi) is 3.94. The summed E-state index contributed by atoms with van der Waals surface area (Å²) in [5.74, 6) is 0.922. The lowest BCUT2D eigenvalue weighted by atomic mass is 10.2. The predicted molar refractivity (Wildman–Crippen MR) is 82.7 cm³/mol. The molecule has 0 fully saturated rings. The molecule has 21 heavy (non-hydrogen) atoms. The number of hydrogen-bond acceptors (Lipinski definition) is 4. The molecule has 108 valence electrons. The zero-order valence-electron chi connectivity index (χ0n) is 12.0. The second kappa shape index (κ2) is 6.03. The summed E-state index contributed by atoms with van der Waals surface area (Å²) in [6.45, 7) is 1.82. The molecule has 3 rings (SSSR count). The van der Waals surface area contributed by atoms with Crippen molar-refractivity contribution in [2.45, 2.75) is 13.1 Å². The molecule has 0 saturated heterocycles. The number of ether oxygens (including phenoxy) is 1. The fourth-order valence-electron chi connectivity index (χ4n) is 2.43. The van der Waals surface area contributed by atoms with Crippen molar-refractivity contribution in [2.24, 2.45) is 5.73 Å².